The minimum atomic E-state index is -0.255. The summed E-state index contributed by atoms with van der Waals surface area (Å²) in [6.45, 7) is 1.81. The molecule has 2 aromatic carbocycles. The average molecular weight is 373 g/mol. The fourth-order valence-corrected chi connectivity index (χ4v) is 2.97. The Morgan fingerprint density at radius 3 is 2.60 bits per heavy atom. The summed E-state index contributed by atoms with van der Waals surface area (Å²) >= 11 is 7.55. The Morgan fingerprint density at radius 1 is 1.20 bits per heavy atom. The summed E-state index contributed by atoms with van der Waals surface area (Å²) in [6, 6.07) is 15.0. The average Bonchev–Trinajstić information content (AvgIpc) is 3.03. The van der Waals surface area contributed by atoms with Gasteiger partial charge in [-0.1, -0.05) is 17.7 Å². The molecule has 0 aliphatic heterocycles. The van der Waals surface area contributed by atoms with Crippen molar-refractivity contribution in [1.82, 2.24) is 14.8 Å². The maximum atomic E-state index is 12.8. The number of hydrogen-bond donors (Lipinski definition) is 0. The Kier molecular flexibility index (Phi) is 5.11. The SMILES string of the molecule is CSc1cccc(N(C)C(=O)c2nc(C)n(-c3ccc(Cl)cc3)n2)c1. The number of thioether (sulfide) groups is 1. The molecule has 0 saturated carbocycles. The zero-order valence-electron chi connectivity index (χ0n) is 14.1. The summed E-state index contributed by atoms with van der Waals surface area (Å²) in [4.78, 5) is 19.7. The quantitative estimate of drug-likeness (QED) is 0.643. The molecule has 25 heavy (non-hydrogen) atoms. The molecular formula is C18H17ClN4OS. The Balaban J connectivity index is 1.90. The van der Waals surface area contributed by atoms with Crippen molar-refractivity contribution >= 4 is 35.0 Å². The molecule has 0 N–H and O–H groups in total. The topological polar surface area (TPSA) is 51.0 Å². The standard InChI is InChI=1S/C18H17ClN4OS/c1-12-20-17(21-23(12)14-9-7-13(19)8-10-14)18(24)22(2)15-5-4-6-16(11-15)25-3/h4-11H,1-3H3. The van der Waals surface area contributed by atoms with E-state index in [4.69, 9.17) is 11.6 Å². The molecule has 0 spiro atoms. The van der Waals surface area contributed by atoms with E-state index in [1.54, 1.807) is 40.5 Å². The fraction of sp³-hybridized carbons (Fsp3) is 0.167. The number of amides is 1. The van der Waals surface area contributed by atoms with Crippen molar-refractivity contribution in [2.24, 2.45) is 0 Å². The first-order valence-corrected chi connectivity index (χ1v) is 9.21. The van der Waals surface area contributed by atoms with Gasteiger partial charge in [-0.2, -0.15) is 0 Å². The number of hydrogen-bond acceptors (Lipinski definition) is 4. The van der Waals surface area contributed by atoms with Crippen molar-refractivity contribution in [3.63, 3.8) is 0 Å². The highest BCUT2D eigenvalue weighted by molar-refractivity contribution is 7.98. The molecule has 0 fully saturated rings. The van der Waals surface area contributed by atoms with Crippen molar-refractivity contribution in [2.75, 3.05) is 18.2 Å². The summed E-state index contributed by atoms with van der Waals surface area (Å²) in [7, 11) is 1.72. The molecule has 0 radical (unpaired) electrons. The van der Waals surface area contributed by atoms with Crippen LogP contribution in [0.3, 0.4) is 0 Å². The van der Waals surface area contributed by atoms with Gasteiger partial charge in [0.25, 0.3) is 5.91 Å². The zero-order chi connectivity index (χ0) is 18.0. The Morgan fingerprint density at radius 2 is 1.92 bits per heavy atom. The van der Waals surface area contributed by atoms with Crippen LogP contribution in [0.25, 0.3) is 5.69 Å². The summed E-state index contributed by atoms with van der Waals surface area (Å²) in [6.07, 6.45) is 2.00. The molecule has 3 rings (SSSR count). The van der Waals surface area contributed by atoms with Gasteiger partial charge >= 0.3 is 0 Å². The summed E-state index contributed by atoms with van der Waals surface area (Å²) in [5.41, 5.74) is 1.61. The molecule has 1 amide bonds. The van der Waals surface area contributed by atoms with Gasteiger partial charge in [0.2, 0.25) is 5.82 Å². The first kappa shape index (κ1) is 17.5. The number of rotatable bonds is 4. The third kappa shape index (κ3) is 3.70. The first-order valence-electron chi connectivity index (χ1n) is 7.61. The largest absolute Gasteiger partial charge is 0.309 e. The Hall–Kier alpha value is -2.31. The minimum Gasteiger partial charge on any atom is -0.309 e. The van der Waals surface area contributed by atoms with Gasteiger partial charge in [-0.25, -0.2) is 9.67 Å². The molecule has 5 nitrogen and oxygen atoms in total. The van der Waals surface area contributed by atoms with E-state index < -0.39 is 0 Å². The highest BCUT2D eigenvalue weighted by Crippen LogP contribution is 2.22. The molecule has 0 saturated heterocycles. The molecule has 0 bridgehead atoms. The van der Waals surface area contributed by atoms with Gasteiger partial charge in [0.1, 0.15) is 5.82 Å². The number of nitrogens with zero attached hydrogens (tertiary/aromatic N) is 4. The number of carbonyl (C=O) groups is 1. The lowest BCUT2D eigenvalue weighted by Crippen LogP contribution is -2.27. The van der Waals surface area contributed by atoms with Gasteiger partial charge in [0, 0.05) is 22.7 Å². The van der Waals surface area contributed by atoms with Crippen molar-refractivity contribution in [2.45, 2.75) is 11.8 Å². The van der Waals surface area contributed by atoms with E-state index in [0.29, 0.717) is 10.8 Å². The second kappa shape index (κ2) is 7.29. The van der Waals surface area contributed by atoms with Crippen LogP contribution in [0.15, 0.2) is 53.4 Å². The molecule has 128 valence electrons. The first-order chi connectivity index (χ1) is 12.0. The van der Waals surface area contributed by atoms with Crippen LogP contribution in [0.2, 0.25) is 5.02 Å². The van der Waals surface area contributed by atoms with Crippen LogP contribution in [0, 0.1) is 6.92 Å². The zero-order valence-corrected chi connectivity index (χ0v) is 15.7. The second-order valence-corrected chi connectivity index (χ2v) is 6.75. The van der Waals surface area contributed by atoms with Gasteiger partial charge < -0.3 is 4.90 Å². The van der Waals surface area contributed by atoms with Crippen LogP contribution >= 0.6 is 23.4 Å². The third-order valence-corrected chi connectivity index (χ3v) is 4.75. The number of aryl methyl sites for hydroxylation is 1. The maximum Gasteiger partial charge on any atom is 0.297 e. The monoisotopic (exact) mass is 372 g/mol. The number of benzene rings is 2. The van der Waals surface area contributed by atoms with E-state index in [-0.39, 0.29) is 11.7 Å². The van der Waals surface area contributed by atoms with E-state index in [9.17, 15) is 4.79 Å². The van der Waals surface area contributed by atoms with Crippen LogP contribution in [-0.2, 0) is 0 Å². The van der Waals surface area contributed by atoms with E-state index >= 15 is 0 Å². The van der Waals surface area contributed by atoms with Gasteiger partial charge in [-0.3, -0.25) is 4.79 Å². The van der Waals surface area contributed by atoms with Crippen molar-refractivity contribution in [3.8, 4) is 5.69 Å². The van der Waals surface area contributed by atoms with E-state index in [0.717, 1.165) is 16.3 Å². The highest BCUT2D eigenvalue weighted by Gasteiger charge is 2.20. The third-order valence-electron chi connectivity index (χ3n) is 3.78. The molecule has 7 heteroatoms. The Labute approximate surface area is 155 Å². The highest BCUT2D eigenvalue weighted by atomic mass is 35.5. The van der Waals surface area contributed by atoms with E-state index in [2.05, 4.69) is 10.1 Å². The summed E-state index contributed by atoms with van der Waals surface area (Å²) in [5.74, 6) is 0.538. The van der Waals surface area contributed by atoms with Gasteiger partial charge in [0.05, 0.1) is 5.69 Å². The Bertz CT molecular complexity index is 908. The van der Waals surface area contributed by atoms with Crippen LogP contribution in [0.1, 0.15) is 16.4 Å². The molecule has 3 aromatic rings. The van der Waals surface area contributed by atoms with E-state index in [1.807, 2.05) is 49.6 Å². The molecule has 0 aliphatic rings. The predicted octanol–water partition coefficient (Wildman–Crippen LogP) is 4.23. The molecule has 1 heterocycles. The lowest BCUT2D eigenvalue weighted by atomic mass is 10.3. The molecule has 0 unspecified atom stereocenters. The normalized spacial score (nSPS) is 10.7. The van der Waals surface area contributed by atoms with Crippen LogP contribution < -0.4 is 4.90 Å². The molecule has 0 aliphatic carbocycles. The lowest BCUT2D eigenvalue weighted by molar-refractivity contribution is 0.0983. The second-order valence-electron chi connectivity index (χ2n) is 5.44. The van der Waals surface area contributed by atoms with Crippen molar-refractivity contribution < 1.29 is 4.79 Å². The van der Waals surface area contributed by atoms with Crippen LogP contribution in [0.5, 0.6) is 0 Å². The predicted molar refractivity (Wildman–Crippen MR) is 102 cm³/mol. The maximum absolute atomic E-state index is 12.8. The fourth-order valence-electron chi connectivity index (χ4n) is 2.39. The van der Waals surface area contributed by atoms with Crippen molar-refractivity contribution in [1.29, 1.82) is 0 Å². The number of anilines is 1. The number of aromatic nitrogens is 3. The molecular weight excluding hydrogens is 356 g/mol. The minimum absolute atomic E-state index is 0.157. The lowest BCUT2D eigenvalue weighted by Gasteiger charge is -2.16. The van der Waals surface area contributed by atoms with Gasteiger partial charge in [-0.05, 0) is 55.6 Å². The molecule has 1 aromatic heterocycles. The number of carbonyl (C=O) groups excluding carboxylic acids is 1. The van der Waals surface area contributed by atoms with E-state index in [1.165, 1.54) is 0 Å². The van der Waals surface area contributed by atoms with Crippen LogP contribution in [0.4, 0.5) is 5.69 Å². The summed E-state index contributed by atoms with van der Waals surface area (Å²) < 4.78 is 1.63. The number of halogens is 1. The van der Waals surface area contributed by atoms with Crippen LogP contribution in [-0.4, -0.2) is 34.0 Å². The smallest absolute Gasteiger partial charge is 0.297 e. The van der Waals surface area contributed by atoms with Gasteiger partial charge in [-0.15, -0.1) is 16.9 Å². The van der Waals surface area contributed by atoms with Crippen molar-refractivity contribution in [3.05, 3.63) is 65.2 Å². The van der Waals surface area contributed by atoms with Gasteiger partial charge in [0.15, 0.2) is 0 Å². The summed E-state index contributed by atoms with van der Waals surface area (Å²) in [5, 5.41) is 5.01. The molecule has 0 atom stereocenters.